The standard InChI is InChI=1S/C27H29F3N6O2/c1-36(2)16-15-32-25(26(38)35-23-13-12-20(17-33-23)27(28,29)30)19-10-7-18(8-11-19)9-14-24(37)34-22-6-4-3-5-21(22)31/h3-14,17,25,32H,15-16,31H2,1-2H3,(H,34,37)(H,33,35,38). The average molecular weight is 527 g/mol. The third-order valence-electron chi connectivity index (χ3n) is 5.43. The van der Waals surface area contributed by atoms with Crippen LogP contribution in [0.2, 0.25) is 0 Å². The number of rotatable bonds is 10. The molecule has 0 saturated heterocycles. The first kappa shape index (κ1) is 28.4. The van der Waals surface area contributed by atoms with Gasteiger partial charge in [0.15, 0.2) is 0 Å². The summed E-state index contributed by atoms with van der Waals surface area (Å²) in [4.78, 5) is 30.9. The predicted octanol–water partition coefficient (Wildman–Crippen LogP) is 4.17. The molecular formula is C27H29F3N6O2. The molecule has 0 aliphatic rings. The number of halogens is 3. The van der Waals surface area contributed by atoms with Crippen LogP contribution >= 0.6 is 0 Å². The van der Waals surface area contributed by atoms with E-state index in [4.69, 9.17) is 5.73 Å². The van der Waals surface area contributed by atoms with Gasteiger partial charge in [0.25, 0.3) is 0 Å². The summed E-state index contributed by atoms with van der Waals surface area (Å²) in [6.07, 6.45) is -0.846. The fraction of sp³-hybridized carbons (Fsp3) is 0.222. The molecule has 8 nitrogen and oxygen atoms in total. The van der Waals surface area contributed by atoms with Gasteiger partial charge in [0.1, 0.15) is 11.9 Å². The van der Waals surface area contributed by atoms with E-state index in [1.807, 2.05) is 19.0 Å². The minimum atomic E-state index is -4.52. The number of hydrogen-bond acceptors (Lipinski definition) is 6. The molecule has 0 fully saturated rings. The number of pyridine rings is 1. The number of nitrogen functional groups attached to an aromatic ring is 1. The summed E-state index contributed by atoms with van der Waals surface area (Å²) >= 11 is 0. The van der Waals surface area contributed by atoms with E-state index < -0.39 is 23.7 Å². The highest BCUT2D eigenvalue weighted by atomic mass is 19.4. The van der Waals surface area contributed by atoms with Gasteiger partial charge in [-0.2, -0.15) is 13.2 Å². The van der Waals surface area contributed by atoms with Crippen LogP contribution in [0.25, 0.3) is 6.08 Å². The number of anilines is 3. The van der Waals surface area contributed by atoms with E-state index in [0.29, 0.717) is 36.2 Å². The maximum Gasteiger partial charge on any atom is 0.417 e. The number of nitrogens with zero attached hydrogens (tertiary/aromatic N) is 2. The summed E-state index contributed by atoms with van der Waals surface area (Å²) in [7, 11) is 3.79. The minimum Gasteiger partial charge on any atom is -0.397 e. The molecule has 11 heteroatoms. The van der Waals surface area contributed by atoms with Gasteiger partial charge in [0, 0.05) is 25.4 Å². The molecule has 0 bridgehead atoms. The first-order valence-electron chi connectivity index (χ1n) is 11.7. The number of nitrogens with one attached hydrogen (secondary N) is 3. The highest BCUT2D eigenvalue weighted by molar-refractivity contribution is 6.03. The summed E-state index contributed by atoms with van der Waals surface area (Å²) in [5.74, 6) is -0.815. The van der Waals surface area contributed by atoms with Gasteiger partial charge in [-0.3, -0.25) is 9.59 Å². The molecule has 1 atom stereocenters. The van der Waals surface area contributed by atoms with Crippen LogP contribution in [0.1, 0.15) is 22.7 Å². The Morgan fingerprint density at radius 3 is 2.34 bits per heavy atom. The fourth-order valence-electron chi connectivity index (χ4n) is 3.39. The normalized spacial score (nSPS) is 12.5. The van der Waals surface area contributed by atoms with Gasteiger partial charge in [-0.15, -0.1) is 0 Å². The van der Waals surface area contributed by atoms with Crippen LogP contribution in [0.5, 0.6) is 0 Å². The number of likely N-dealkylation sites (N-methyl/N-ethyl adjacent to an activating group) is 1. The average Bonchev–Trinajstić information content (AvgIpc) is 2.87. The number of carbonyl (C=O) groups is 2. The molecule has 2 aromatic carbocycles. The highest BCUT2D eigenvalue weighted by Gasteiger charge is 2.31. The number of para-hydroxylation sites is 2. The fourth-order valence-corrected chi connectivity index (χ4v) is 3.39. The second-order valence-electron chi connectivity index (χ2n) is 8.69. The van der Waals surface area contributed by atoms with E-state index in [9.17, 15) is 22.8 Å². The molecule has 200 valence electrons. The lowest BCUT2D eigenvalue weighted by Crippen LogP contribution is -2.37. The van der Waals surface area contributed by atoms with Crippen LogP contribution < -0.4 is 21.7 Å². The zero-order chi connectivity index (χ0) is 27.7. The van der Waals surface area contributed by atoms with Gasteiger partial charge in [-0.25, -0.2) is 4.98 Å². The highest BCUT2D eigenvalue weighted by Crippen LogP contribution is 2.29. The van der Waals surface area contributed by atoms with Crippen molar-refractivity contribution in [3.05, 3.63) is 89.6 Å². The number of nitrogens with two attached hydrogens (primary N) is 1. The number of carbonyl (C=O) groups excluding carboxylic acids is 2. The molecule has 2 amide bonds. The molecule has 0 saturated carbocycles. The van der Waals surface area contributed by atoms with Crippen LogP contribution in [-0.2, 0) is 15.8 Å². The van der Waals surface area contributed by atoms with Crippen molar-refractivity contribution >= 4 is 35.1 Å². The van der Waals surface area contributed by atoms with Crippen molar-refractivity contribution in [3.8, 4) is 0 Å². The molecule has 3 aromatic rings. The summed E-state index contributed by atoms with van der Waals surface area (Å²) < 4.78 is 38.4. The third kappa shape index (κ3) is 8.43. The molecule has 1 aromatic heterocycles. The molecule has 5 N–H and O–H groups in total. The molecule has 0 aliphatic heterocycles. The second kappa shape index (κ2) is 12.8. The predicted molar refractivity (Wildman–Crippen MR) is 142 cm³/mol. The van der Waals surface area contributed by atoms with Gasteiger partial charge >= 0.3 is 6.18 Å². The van der Waals surface area contributed by atoms with E-state index in [0.717, 1.165) is 17.7 Å². The van der Waals surface area contributed by atoms with Crippen LogP contribution in [-0.4, -0.2) is 48.9 Å². The van der Waals surface area contributed by atoms with Crippen molar-refractivity contribution in [1.82, 2.24) is 15.2 Å². The van der Waals surface area contributed by atoms with E-state index in [2.05, 4.69) is 20.9 Å². The van der Waals surface area contributed by atoms with Crippen molar-refractivity contribution in [3.63, 3.8) is 0 Å². The lowest BCUT2D eigenvalue weighted by molar-refractivity contribution is -0.137. The number of alkyl halides is 3. The number of hydrogen-bond donors (Lipinski definition) is 4. The summed E-state index contributed by atoms with van der Waals surface area (Å²) in [5.41, 5.74) is 7.26. The van der Waals surface area contributed by atoms with Gasteiger partial charge < -0.3 is 26.6 Å². The summed E-state index contributed by atoms with van der Waals surface area (Å²) in [6.45, 7) is 1.14. The van der Waals surface area contributed by atoms with Crippen LogP contribution in [0, 0.1) is 0 Å². The van der Waals surface area contributed by atoms with Crippen molar-refractivity contribution in [2.75, 3.05) is 43.6 Å². The number of amides is 2. The molecular weight excluding hydrogens is 497 g/mol. The Hall–Kier alpha value is -4.22. The Kier molecular flexibility index (Phi) is 9.58. The monoisotopic (exact) mass is 526 g/mol. The van der Waals surface area contributed by atoms with Gasteiger partial charge in [0.05, 0.1) is 16.9 Å². The first-order valence-corrected chi connectivity index (χ1v) is 11.7. The van der Waals surface area contributed by atoms with E-state index in [1.54, 1.807) is 54.6 Å². The minimum absolute atomic E-state index is 0.00651. The van der Waals surface area contributed by atoms with Crippen molar-refractivity contribution < 1.29 is 22.8 Å². The zero-order valence-corrected chi connectivity index (χ0v) is 20.9. The second-order valence-corrected chi connectivity index (χ2v) is 8.69. The van der Waals surface area contributed by atoms with Crippen LogP contribution in [0.3, 0.4) is 0 Å². The van der Waals surface area contributed by atoms with Crippen LogP contribution in [0.4, 0.5) is 30.4 Å². The van der Waals surface area contributed by atoms with E-state index in [1.165, 1.54) is 6.08 Å². The Balaban J connectivity index is 1.70. The smallest absolute Gasteiger partial charge is 0.397 e. The Morgan fingerprint density at radius 1 is 1.03 bits per heavy atom. The van der Waals surface area contributed by atoms with Gasteiger partial charge in [-0.05, 0) is 55.6 Å². The molecule has 1 heterocycles. The maximum atomic E-state index is 13.0. The largest absolute Gasteiger partial charge is 0.417 e. The van der Waals surface area contributed by atoms with Crippen molar-refractivity contribution in [2.45, 2.75) is 12.2 Å². The zero-order valence-electron chi connectivity index (χ0n) is 20.9. The summed E-state index contributed by atoms with van der Waals surface area (Å²) in [5, 5.41) is 8.45. The molecule has 3 rings (SSSR count). The SMILES string of the molecule is CN(C)CCNC(C(=O)Nc1ccc(C(F)(F)F)cn1)c1ccc(C=CC(=O)Nc2ccccc2N)cc1. The molecule has 0 radical (unpaired) electrons. The molecule has 0 spiro atoms. The van der Waals surface area contributed by atoms with Crippen LogP contribution in [0.15, 0.2) is 72.9 Å². The maximum absolute atomic E-state index is 13.0. The quantitative estimate of drug-likeness (QED) is 0.233. The van der Waals surface area contributed by atoms with E-state index in [-0.39, 0.29) is 11.7 Å². The molecule has 1 unspecified atom stereocenters. The van der Waals surface area contributed by atoms with Crippen molar-refractivity contribution in [2.24, 2.45) is 0 Å². The Labute approximate surface area is 218 Å². The Bertz CT molecular complexity index is 1260. The number of aromatic nitrogens is 1. The van der Waals surface area contributed by atoms with Gasteiger partial charge in [0.2, 0.25) is 11.8 Å². The summed E-state index contributed by atoms with van der Waals surface area (Å²) in [6, 6.07) is 15.1. The third-order valence-corrected chi connectivity index (χ3v) is 5.43. The number of benzene rings is 2. The van der Waals surface area contributed by atoms with Gasteiger partial charge in [-0.1, -0.05) is 36.4 Å². The molecule has 0 aliphatic carbocycles. The Morgan fingerprint density at radius 2 is 1.74 bits per heavy atom. The first-order chi connectivity index (χ1) is 18.0. The topological polar surface area (TPSA) is 112 Å². The van der Waals surface area contributed by atoms with Crippen molar-refractivity contribution in [1.29, 1.82) is 0 Å². The van der Waals surface area contributed by atoms with E-state index >= 15 is 0 Å². The lowest BCUT2D eigenvalue weighted by atomic mass is 10.0. The lowest BCUT2D eigenvalue weighted by Gasteiger charge is -2.20. The molecule has 38 heavy (non-hydrogen) atoms.